The molecular weight excluding hydrogens is 360 g/mol. The highest BCUT2D eigenvalue weighted by Gasteiger charge is 2.29. The van der Waals surface area contributed by atoms with Gasteiger partial charge in [-0.15, -0.1) is 11.3 Å². The van der Waals surface area contributed by atoms with Crippen molar-refractivity contribution in [3.05, 3.63) is 52.4 Å². The highest BCUT2D eigenvalue weighted by Crippen LogP contribution is 2.30. The van der Waals surface area contributed by atoms with E-state index in [2.05, 4.69) is 15.4 Å². The number of amides is 2. The molecule has 0 saturated heterocycles. The Morgan fingerprint density at radius 1 is 1.20 bits per heavy atom. The third kappa shape index (κ3) is 2.77. The number of nitrogens with one attached hydrogen (secondary N) is 1. The van der Waals surface area contributed by atoms with Crippen molar-refractivity contribution < 1.29 is 9.59 Å². The third-order valence-electron chi connectivity index (χ3n) is 3.72. The van der Waals surface area contributed by atoms with Gasteiger partial charge in [-0.3, -0.25) is 15.0 Å². The van der Waals surface area contributed by atoms with E-state index >= 15 is 0 Å². The summed E-state index contributed by atoms with van der Waals surface area (Å²) in [6, 6.07) is 9.02. The molecule has 0 unspecified atom stereocenters. The maximum atomic E-state index is 12.1. The summed E-state index contributed by atoms with van der Waals surface area (Å²) in [5.41, 5.74) is 3.85. The van der Waals surface area contributed by atoms with Crippen LogP contribution in [0.4, 0.5) is 5.82 Å². The number of imide groups is 1. The number of carbonyl (C=O) groups is 2. The average Bonchev–Trinajstić information content (AvgIpc) is 3.20. The van der Waals surface area contributed by atoms with Crippen molar-refractivity contribution in [2.24, 2.45) is 0 Å². The molecule has 0 bridgehead atoms. The van der Waals surface area contributed by atoms with Gasteiger partial charge in [-0.05, 0) is 36.6 Å². The van der Waals surface area contributed by atoms with E-state index in [1.807, 2.05) is 17.5 Å². The highest BCUT2D eigenvalue weighted by molar-refractivity contribution is 7.13. The first-order valence-electron chi connectivity index (χ1n) is 7.37. The maximum absolute atomic E-state index is 12.1. The Morgan fingerprint density at radius 3 is 2.72 bits per heavy atom. The van der Waals surface area contributed by atoms with Gasteiger partial charge < -0.3 is 0 Å². The van der Waals surface area contributed by atoms with E-state index < -0.39 is 11.8 Å². The molecule has 8 heteroatoms. The molecule has 3 heterocycles. The Labute approximate surface area is 151 Å². The molecule has 3 aromatic rings. The van der Waals surface area contributed by atoms with Crippen molar-refractivity contribution in [2.45, 2.75) is 6.92 Å². The van der Waals surface area contributed by atoms with Crippen molar-refractivity contribution in [3.8, 4) is 10.7 Å². The summed E-state index contributed by atoms with van der Waals surface area (Å²) in [4.78, 5) is 34.1. The second-order valence-electron chi connectivity index (χ2n) is 5.45. The van der Waals surface area contributed by atoms with Gasteiger partial charge in [0.25, 0.3) is 11.8 Å². The standard InChI is InChI=1S/C17H11ClN4O2S/c1-9-7-14(23)22(17(9)24)21-15-11-8-10(18)4-5-12(11)19-16(20-15)13-3-2-6-25-13/h2-8H,1H3,(H,19,20,21). The lowest BCUT2D eigenvalue weighted by Gasteiger charge is -2.18. The number of anilines is 1. The molecular formula is C17H11ClN4O2S. The number of benzene rings is 1. The van der Waals surface area contributed by atoms with Gasteiger partial charge in [0, 0.05) is 22.1 Å². The van der Waals surface area contributed by atoms with E-state index in [0.29, 0.717) is 33.1 Å². The number of fused-ring (bicyclic) bond motifs is 1. The number of hydrogen-bond donors (Lipinski definition) is 1. The quantitative estimate of drug-likeness (QED) is 0.712. The monoisotopic (exact) mass is 370 g/mol. The van der Waals surface area contributed by atoms with Gasteiger partial charge in [-0.2, -0.15) is 5.01 Å². The van der Waals surface area contributed by atoms with Gasteiger partial charge in [0.15, 0.2) is 11.6 Å². The van der Waals surface area contributed by atoms with Crippen LogP contribution in [0.25, 0.3) is 21.6 Å². The number of carbonyl (C=O) groups excluding carboxylic acids is 2. The van der Waals surface area contributed by atoms with E-state index in [9.17, 15) is 9.59 Å². The van der Waals surface area contributed by atoms with Crippen LogP contribution in [0.5, 0.6) is 0 Å². The van der Waals surface area contributed by atoms with E-state index in [0.717, 1.165) is 9.89 Å². The summed E-state index contributed by atoms with van der Waals surface area (Å²) in [6.45, 7) is 1.59. The molecule has 0 spiro atoms. The van der Waals surface area contributed by atoms with Crippen LogP contribution in [0.2, 0.25) is 5.02 Å². The van der Waals surface area contributed by atoms with Gasteiger partial charge in [0.05, 0.1) is 10.4 Å². The highest BCUT2D eigenvalue weighted by atomic mass is 35.5. The summed E-state index contributed by atoms with van der Waals surface area (Å²) < 4.78 is 0. The van der Waals surface area contributed by atoms with E-state index in [1.54, 1.807) is 25.1 Å². The largest absolute Gasteiger partial charge is 0.275 e. The first kappa shape index (κ1) is 15.7. The predicted octanol–water partition coefficient (Wildman–Crippen LogP) is 3.65. The first-order chi connectivity index (χ1) is 12.0. The molecule has 0 fully saturated rings. The van der Waals surface area contributed by atoms with Crippen LogP contribution in [-0.4, -0.2) is 26.8 Å². The Bertz CT molecular complexity index is 1050. The molecule has 6 nitrogen and oxygen atoms in total. The van der Waals surface area contributed by atoms with Crippen LogP contribution in [0, 0.1) is 0 Å². The van der Waals surface area contributed by atoms with Crippen molar-refractivity contribution in [3.63, 3.8) is 0 Å². The lowest BCUT2D eigenvalue weighted by molar-refractivity contribution is -0.135. The van der Waals surface area contributed by atoms with Crippen molar-refractivity contribution in [1.29, 1.82) is 0 Å². The van der Waals surface area contributed by atoms with E-state index in [1.165, 1.54) is 17.4 Å². The Balaban J connectivity index is 1.85. The molecule has 2 aromatic heterocycles. The SMILES string of the molecule is CC1=CC(=O)N(Nc2nc(-c3cccs3)nc3ccc(Cl)cc23)C1=O. The maximum Gasteiger partial charge on any atom is 0.275 e. The van der Waals surface area contributed by atoms with Crippen molar-refractivity contribution >= 4 is 51.5 Å². The number of halogens is 1. The number of nitrogens with zero attached hydrogens (tertiary/aromatic N) is 3. The number of thiophene rings is 1. The first-order valence-corrected chi connectivity index (χ1v) is 8.63. The fourth-order valence-corrected chi connectivity index (χ4v) is 3.33. The second-order valence-corrected chi connectivity index (χ2v) is 6.84. The lowest BCUT2D eigenvalue weighted by atomic mass is 10.2. The van der Waals surface area contributed by atoms with Crippen LogP contribution in [0.1, 0.15) is 6.92 Å². The molecule has 124 valence electrons. The van der Waals surface area contributed by atoms with Crippen LogP contribution in [-0.2, 0) is 9.59 Å². The zero-order valence-electron chi connectivity index (χ0n) is 13.0. The summed E-state index contributed by atoms with van der Waals surface area (Å²) >= 11 is 7.59. The molecule has 1 aromatic carbocycles. The van der Waals surface area contributed by atoms with Crippen LogP contribution < -0.4 is 5.43 Å². The van der Waals surface area contributed by atoms with Crippen LogP contribution in [0.3, 0.4) is 0 Å². The minimum atomic E-state index is -0.436. The molecule has 2 amide bonds. The smallest absolute Gasteiger partial charge is 0.271 e. The Hall–Kier alpha value is -2.77. The number of hydrazine groups is 1. The fraction of sp³-hybridized carbons (Fsp3) is 0.0588. The van der Waals surface area contributed by atoms with Crippen molar-refractivity contribution in [2.75, 3.05) is 5.43 Å². The fourth-order valence-electron chi connectivity index (χ4n) is 2.50. The van der Waals surface area contributed by atoms with Gasteiger partial charge in [0.1, 0.15) is 0 Å². The topological polar surface area (TPSA) is 75.2 Å². The molecule has 1 aliphatic rings. The average molecular weight is 371 g/mol. The minimum Gasteiger partial charge on any atom is -0.271 e. The number of aromatic nitrogens is 2. The Kier molecular flexibility index (Phi) is 3.74. The minimum absolute atomic E-state index is 0.348. The number of hydrogen-bond acceptors (Lipinski definition) is 6. The molecule has 0 atom stereocenters. The molecule has 0 saturated carbocycles. The lowest BCUT2D eigenvalue weighted by Crippen LogP contribution is -2.36. The zero-order valence-corrected chi connectivity index (χ0v) is 14.6. The summed E-state index contributed by atoms with van der Waals surface area (Å²) in [5, 5.41) is 4.00. The Morgan fingerprint density at radius 2 is 2.04 bits per heavy atom. The second kappa shape index (κ2) is 5.94. The van der Waals surface area contributed by atoms with Gasteiger partial charge >= 0.3 is 0 Å². The van der Waals surface area contributed by atoms with Gasteiger partial charge in [-0.25, -0.2) is 9.97 Å². The summed E-state index contributed by atoms with van der Waals surface area (Å²) in [5.74, 6) is 0.0160. The van der Waals surface area contributed by atoms with Crippen LogP contribution in [0.15, 0.2) is 47.4 Å². The molecule has 1 aliphatic heterocycles. The normalized spacial score (nSPS) is 14.3. The van der Waals surface area contributed by atoms with E-state index in [-0.39, 0.29) is 0 Å². The van der Waals surface area contributed by atoms with Crippen molar-refractivity contribution in [1.82, 2.24) is 15.0 Å². The predicted molar refractivity (Wildman–Crippen MR) is 97.1 cm³/mol. The molecule has 4 rings (SSSR count). The summed E-state index contributed by atoms with van der Waals surface area (Å²) in [6.07, 6.45) is 1.28. The molecule has 0 aliphatic carbocycles. The molecule has 0 radical (unpaired) electrons. The summed E-state index contributed by atoms with van der Waals surface area (Å²) in [7, 11) is 0. The third-order valence-corrected chi connectivity index (χ3v) is 4.82. The van der Waals surface area contributed by atoms with Gasteiger partial charge in [-0.1, -0.05) is 17.7 Å². The molecule has 25 heavy (non-hydrogen) atoms. The molecule has 1 N–H and O–H groups in total. The zero-order chi connectivity index (χ0) is 17.6. The van der Waals surface area contributed by atoms with E-state index in [4.69, 9.17) is 11.6 Å². The van der Waals surface area contributed by atoms with Crippen LogP contribution >= 0.6 is 22.9 Å². The van der Waals surface area contributed by atoms with Gasteiger partial charge in [0.2, 0.25) is 0 Å². The number of rotatable bonds is 3.